The summed E-state index contributed by atoms with van der Waals surface area (Å²) in [5, 5.41) is 8.34. The first-order chi connectivity index (χ1) is 5.02. The highest BCUT2D eigenvalue weighted by Crippen LogP contribution is 2.28. The lowest BCUT2D eigenvalue weighted by Crippen LogP contribution is -2.04. The average molecular weight is 194 g/mol. The fourth-order valence-corrected chi connectivity index (χ4v) is 2.04. The molecule has 11 heavy (non-hydrogen) atoms. The van der Waals surface area contributed by atoms with E-state index >= 15 is 0 Å². The standard InChI is InChI=1S/C6H10O3S2/c1-4(3-6(8)9)10-11-5(2)7/h4H,3H2,1-2H3,(H,8,9). The van der Waals surface area contributed by atoms with E-state index in [1.54, 1.807) is 6.92 Å². The van der Waals surface area contributed by atoms with Gasteiger partial charge in [-0.3, -0.25) is 9.59 Å². The Labute approximate surface area is 73.3 Å². The Morgan fingerprint density at radius 3 is 2.45 bits per heavy atom. The summed E-state index contributed by atoms with van der Waals surface area (Å²) in [5.74, 6) is -0.825. The van der Waals surface area contributed by atoms with E-state index in [9.17, 15) is 9.59 Å². The number of carboxylic acids is 1. The molecule has 0 aromatic heterocycles. The summed E-state index contributed by atoms with van der Waals surface area (Å²) in [7, 11) is 2.39. The molecule has 0 heterocycles. The van der Waals surface area contributed by atoms with Gasteiger partial charge in [0.05, 0.1) is 6.42 Å². The van der Waals surface area contributed by atoms with E-state index < -0.39 is 5.97 Å². The Morgan fingerprint density at radius 1 is 1.55 bits per heavy atom. The van der Waals surface area contributed by atoms with E-state index in [0.717, 1.165) is 10.8 Å². The lowest BCUT2D eigenvalue weighted by atomic mass is 10.3. The van der Waals surface area contributed by atoms with Crippen LogP contribution in [0.2, 0.25) is 0 Å². The maximum Gasteiger partial charge on any atom is 0.304 e. The van der Waals surface area contributed by atoms with Gasteiger partial charge in [0.25, 0.3) is 0 Å². The highest BCUT2D eigenvalue weighted by atomic mass is 33.1. The quantitative estimate of drug-likeness (QED) is 0.691. The van der Waals surface area contributed by atoms with Crippen LogP contribution in [-0.4, -0.2) is 21.4 Å². The van der Waals surface area contributed by atoms with Crippen LogP contribution in [0.3, 0.4) is 0 Å². The molecule has 1 atom stereocenters. The Kier molecular flexibility index (Phi) is 5.41. The Hall–Kier alpha value is -0.160. The van der Waals surface area contributed by atoms with Crippen molar-refractivity contribution in [3.05, 3.63) is 0 Å². The molecule has 0 aromatic carbocycles. The van der Waals surface area contributed by atoms with Crippen LogP contribution in [0.4, 0.5) is 0 Å². The summed E-state index contributed by atoms with van der Waals surface area (Å²) in [6.45, 7) is 3.25. The van der Waals surface area contributed by atoms with Crippen molar-refractivity contribution >= 4 is 32.7 Å². The van der Waals surface area contributed by atoms with Crippen LogP contribution in [0.5, 0.6) is 0 Å². The van der Waals surface area contributed by atoms with Gasteiger partial charge >= 0.3 is 5.97 Å². The molecular formula is C6H10O3S2. The molecule has 0 aromatic rings. The van der Waals surface area contributed by atoms with Crippen molar-refractivity contribution in [1.29, 1.82) is 0 Å². The van der Waals surface area contributed by atoms with Crippen molar-refractivity contribution in [3.63, 3.8) is 0 Å². The van der Waals surface area contributed by atoms with E-state index in [0.29, 0.717) is 0 Å². The Bertz CT molecular complexity index is 158. The fourth-order valence-electron chi connectivity index (χ4n) is 0.430. The first-order valence-corrected chi connectivity index (χ1v) is 5.29. The summed E-state index contributed by atoms with van der Waals surface area (Å²) in [4.78, 5) is 20.6. The SMILES string of the molecule is CC(=O)SSC(C)CC(=O)O. The lowest BCUT2D eigenvalue weighted by molar-refractivity contribution is -0.136. The summed E-state index contributed by atoms with van der Waals surface area (Å²) < 4.78 is 0. The van der Waals surface area contributed by atoms with Gasteiger partial charge in [0, 0.05) is 12.2 Å². The number of carbonyl (C=O) groups is 2. The van der Waals surface area contributed by atoms with Gasteiger partial charge in [-0.2, -0.15) is 0 Å². The highest BCUT2D eigenvalue weighted by molar-refractivity contribution is 8.82. The number of aliphatic carboxylic acids is 1. The molecule has 0 aliphatic carbocycles. The number of carbonyl (C=O) groups excluding carboxylic acids is 1. The molecule has 1 N–H and O–H groups in total. The molecule has 0 saturated carbocycles. The first kappa shape index (κ1) is 10.8. The van der Waals surface area contributed by atoms with Crippen molar-refractivity contribution in [3.8, 4) is 0 Å². The first-order valence-electron chi connectivity index (χ1n) is 3.08. The van der Waals surface area contributed by atoms with Crippen LogP contribution in [0.1, 0.15) is 20.3 Å². The predicted octanol–water partition coefficient (Wildman–Crippen LogP) is 1.78. The molecule has 64 valence electrons. The predicted molar refractivity (Wildman–Crippen MR) is 47.6 cm³/mol. The smallest absolute Gasteiger partial charge is 0.304 e. The van der Waals surface area contributed by atoms with Crippen LogP contribution >= 0.6 is 21.6 Å². The Morgan fingerprint density at radius 2 is 2.09 bits per heavy atom. The highest BCUT2D eigenvalue weighted by Gasteiger charge is 2.09. The van der Waals surface area contributed by atoms with Crippen LogP contribution < -0.4 is 0 Å². The van der Waals surface area contributed by atoms with Gasteiger partial charge in [0.2, 0.25) is 0 Å². The van der Waals surface area contributed by atoms with Crippen molar-refractivity contribution < 1.29 is 14.7 Å². The van der Waals surface area contributed by atoms with E-state index in [-0.39, 0.29) is 16.8 Å². The third-order valence-corrected chi connectivity index (χ3v) is 3.60. The third kappa shape index (κ3) is 7.74. The van der Waals surface area contributed by atoms with Crippen molar-refractivity contribution in [2.45, 2.75) is 25.5 Å². The van der Waals surface area contributed by atoms with Gasteiger partial charge < -0.3 is 5.11 Å². The Balaban J connectivity index is 3.44. The number of hydrogen-bond acceptors (Lipinski definition) is 4. The molecule has 0 saturated heterocycles. The molecule has 0 bridgehead atoms. The van der Waals surface area contributed by atoms with Crippen LogP contribution in [-0.2, 0) is 9.59 Å². The fraction of sp³-hybridized carbons (Fsp3) is 0.667. The average Bonchev–Trinajstić information content (AvgIpc) is 1.82. The topological polar surface area (TPSA) is 54.4 Å². The minimum Gasteiger partial charge on any atom is -0.481 e. The zero-order valence-electron chi connectivity index (χ0n) is 6.36. The second kappa shape index (κ2) is 5.49. The minimum absolute atomic E-state index is 0.00670. The molecule has 0 amide bonds. The normalized spacial score (nSPS) is 12.5. The molecule has 3 nitrogen and oxygen atoms in total. The van der Waals surface area contributed by atoms with E-state index in [2.05, 4.69) is 0 Å². The lowest BCUT2D eigenvalue weighted by Gasteiger charge is -2.03. The summed E-state index contributed by atoms with van der Waals surface area (Å²) in [6.07, 6.45) is 0.102. The van der Waals surface area contributed by atoms with Crippen LogP contribution in [0.15, 0.2) is 0 Å². The molecular weight excluding hydrogens is 184 g/mol. The van der Waals surface area contributed by atoms with E-state index in [1.807, 2.05) is 0 Å². The largest absolute Gasteiger partial charge is 0.481 e. The molecule has 0 fully saturated rings. The molecule has 0 aliphatic rings. The summed E-state index contributed by atoms with van der Waals surface area (Å²) in [6, 6.07) is 0. The zero-order chi connectivity index (χ0) is 8.85. The molecule has 1 unspecified atom stereocenters. The third-order valence-electron chi connectivity index (χ3n) is 0.792. The van der Waals surface area contributed by atoms with Crippen LogP contribution in [0, 0.1) is 0 Å². The molecule has 0 rings (SSSR count). The molecule has 0 aliphatic heterocycles. The zero-order valence-corrected chi connectivity index (χ0v) is 8.00. The summed E-state index contributed by atoms with van der Waals surface area (Å²) >= 11 is 0. The number of rotatable bonds is 4. The summed E-state index contributed by atoms with van der Waals surface area (Å²) in [5.41, 5.74) is 0. The molecule has 0 radical (unpaired) electrons. The molecule has 0 spiro atoms. The monoisotopic (exact) mass is 194 g/mol. The van der Waals surface area contributed by atoms with Crippen molar-refractivity contribution in [1.82, 2.24) is 0 Å². The number of carboxylic acid groups (broad SMARTS) is 1. The number of hydrogen-bond donors (Lipinski definition) is 1. The second-order valence-corrected chi connectivity index (χ2v) is 4.90. The van der Waals surface area contributed by atoms with Gasteiger partial charge in [0.1, 0.15) is 0 Å². The maximum absolute atomic E-state index is 10.4. The maximum atomic E-state index is 10.4. The van der Waals surface area contributed by atoms with E-state index in [4.69, 9.17) is 5.11 Å². The van der Waals surface area contributed by atoms with Crippen molar-refractivity contribution in [2.24, 2.45) is 0 Å². The van der Waals surface area contributed by atoms with Gasteiger partial charge in [0.15, 0.2) is 5.12 Å². The minimum atomic E-state index is -0.825. The van der Waals surface area contributed by atoms with Crippen molar-refractivity contribution in [2.75, 3.05) is 0 Å². The van der Waals surface area contributed by atoms with Gasteiger partial charge in [-0.15, -0.1) is 0 Å². The van der Waals surface area contributed by atoms with E-state index in [1.165, 1.54) is 17.7 Å². The van der Waals surface area contributed by atoms with Gasteiger partial charge in [-0.25, -0.2) is 0 Å². The van der Waals surface area contributed by atoms with Gasteiger partial charge in [-0.1, -0.05) is 17.7 Å². The van der Waals surface area contributed by atoms with Crippen LogP contribution in [0.25, 0.3) is 0 Å². The second-order valence-electron chi connectivity index (χ2n) is 2.08. The van der Waals surface area contributed by atoms with Gasteiger partial charge in [-0.05, 0) is 10.8 Å². The molecule has 5 heteroatoms.